The van der Waals surface area contributed by atoms with E-state index in [0.29, 0.717) is 12.2 Å². The first kappa shape index (κ1) is 30.6. The molecule has 0 aromatic heterocycles. The summed E-state index contributed by atoms with van der Waals surface area (Å²) in [4.78, 5) is 60.1. The fraction of sp³-hybridized carbons (Fsp3) is 0.750. The molecule has 0 aliphatic carbocycles. The summed E-state index contributed by atoms with van der Waals surface area (Å²) in [6.45, 7) is 4.94. The van der Waals surface area contributed by atoms with Crippen LogP contribution >= 0.6 is 11.8 Å². The zero-order valence-corrected chi connectivity index (χ0v) is 20.2. The Balaban J connectivity index is 5.51. The Bertz CT molecular complexity index is 689. The first-order chi connectivity index (χ1) is 15.3. The summed E-state index contributed by atoms with van der Waals surface area (Å²) in [5.74, 6) is -4.31. The standard InChI is InChI=1S/C20H36N4O8S/c1-10(2)9-12(21)17(28)22-13(5-6-15(26)27)18(29)23-14(7-8-33-4)19(30)24-16(11(3)25)20(31)32/h10-14,16,25H,5-9,21H2,1-4H3,(H,22,28)(H,23,29)(H,24,30)(H,26,27)(H,31,32). The van der Waals surface area contributed by atoms with Crippen molar-refractivity contribution in [2.45, 2.75) is 76.7 Å². The lowest BCUT2D eigenvalue weighted by Crippen LogP contribution is -2.58. The molecule has 0 aliphatic rings. The zero-order valence-electron chi connectivity index (χ0n) is 19.4. The van der Waals surface area contributed by atoms with Gasteiger partial charge in [-0.2, -0.15) is 11.8 Å². The molecule has 0 aromatic rings. The zero-order chi connectivity index (χ0) is 25.7. The van der Waals surface area contributed by atoms with Crippen molar-refractivity contribution >= 4 is 41.4 Å². The number of carbonyl (C=O) groups is 5. The number of nitrogens with one attached hydrogen (secondary N) is 3. The minimum absolute atomic E-state index is 0.118. The summed E-state index contributed by atoms with van der Waals surface area (Å²) in [7, 11) is 0. The average Bonchev–Trinajstić information content (AvgIpc) is 2.70. The van der Waals surface area contributed by atoms with Gasteiger partial charge < -0.3 is 37.0 Å². The SMILES string of the molecule is CSCCC(NC(=O)C(CCC(=O)O)NC(=O)C(N)CC(C)C)C(=O)NC(C(=O)O)C(C)O. The quantitative estimate of drug-likeness (QED) is 0.138. The molecule has 33 heavy (non-hydrogen) atoms. The summed E-state index contributed by atoms with van der Waals surface area (Å²) >= 11 is 1.39. The minimum Gasteiger partial charge on any atom is -0.481 e. The van der Waals surface area contributed by atoms with Gasteiger partial charge in [0.2, 0.25) is 17.7 Å². The van der Waals surface area contributed by atoms with Crippen molar-refractivity contribution < 1.29 is 39.3 Å². The second-order valence-corrected chi connectivity index (χ2v) is 9.12. The van der Waals surface area contributed by atoms with Gasteiger partial charge in [-0.1, -0.05) is 13.8 Å². The van der Waals surface area contributed by atoms with E-state index in [9.17, 15) is 34.2 Å². The molecule has 0 aromatic carbocycles. The summed E-state index contributed by atoms with van der Waals surface area (Å²) in [6, 6.07) is -4.91. The highest BCUT2D eigenvalue weighted by Gasteiger charge is 2.32. The number of aliphatic hydroxyl groups is 1. The molecule has 0 spiro atoms. The largest absolute Gasteiger partial charge is 0.481 e. The van der Waals surface area contributed by atoms with E-state index in [1.807, 2.05) is 13.8 Å². The molecule has 5 atom stereocenters. The smallest absolute Gasteiger partial charge is 0.328 e. The Morgan fingerprint density at radius 2 is 1.39 bits per heavy atom. The highest BCUT2D eigenvalue weighted by atomic mass is 32.2. The molecule has 12 nitrogen and oxygen atoms in total. The first-order valence-electron chi connectivity index (χ1n) is 10.6. The molecular weight excluding hydrogens is 456 g/mol. The van der Waals surface area contributed by atoms with Crippen molar-refractivity contribution in [2.75, 3.05) is 12.0 Å². The van der Waals surface area contributed by atoms with Crippen LogP contribution in [0.4, 0.5) is 0 Å². The first-order valence-corrected chi connectivity index (χ1v) is 12.0. The van der Waals surface area contributed by atoms with Crippen LogP contribution in [0.3, 0.4) is 0 Å². The van der Waals surface area contributed by atoms with E-state index in [1.54, 1.807) is 6.26 Å². The molecule has 0 saturated carbocycles. The lowest BCUT2D eigenvalue weighted by Gasteiger charge is -2.25. The van der Waals surface area contributed by atoms with Gasteiger partial charge in [0.15, 0.2) is 6.04 Å². The summed E-state index contributed by atoms with van der Waals surface area (Å²) in [5, 5.41) is 34.8. The summed E-state index contributed by atoms with van der Waals surface area (Å²) < 4.78 is 0. The molecule has 5 unspecified atom stereocenters. The van der Waals surface area contributed by atoms with Crippen molar-refractivity contribution in [3.63, 3.8) is 0 Å². The van der Waals surface area contributed by atoms with E-state index in [1.165, 1.54) is 18.7 Å². The molecule has 190 valence electrons. The monoisotopic (exact) mass is 492 g/mol. The van der Waals surface area contributed by atoms with Gasteiger partial charge in [-0.25, -0.2) is 4.79 Å². The Morgan fingerprint density at radius 1 is 0.879 bits per heavy atom. The van der Waals surface area contributed by atoms with Crippen LogP contribution in [0.25, 0.3) is 0 Å². The van der Waals surface area contributed by atoms with Crippen LogP contribution in [0.15, 0.2) is 0 Å². The van der Waals surface area contributed by atoms with Crippen LogP contribution in [0.1, 0.15) is 46.5 Å². The molecule has 0 aliphatic heterocycles. The van der Waals surface area contributed by atoms with E-state index >= 15 is 0 Å². The van der Waals surface area contributed by atoms with Crippen LogP contribution in [0, 0.1) is 5.92 Å². The van der Waals surface area contributed by atoms with Crippen LogP contribution in [0.2, 0.25) is 0 Å². The maximum absolute atomic E-state index is 12.9. The van der Waals surface area contributed by atoms with Crippen LogP contribution in [-0.4, -0.2) is 87.3 Å². The van der Waals surface area contributed by atoms with E-state index in [2.05, 4.69) is 16.0 Å². The third-order valence-electron chi connectivity index (χ3n) is 4.63. The molecular formula is C20H36N4O8S. The Labute approximate surface area is 197 Å². The summed E-state index contributed by atoms with van der Waals surface area (Å²) in [6.07, 6.45) is 0.240. The van der Waals surface area contributed by atoms with Crippen LogP contribution < -0.4 is 21.7 Å². The number of aliphatic carboxylic acids is 2. The fourth-order valence-electron chi connectivity index (χ4n) is 2.85. The number of hydrogen-bond acceptors (Lipinski definition) is 8. The molecule has 0 radical (unpaired) electrons. The highest BCUT2D eigenvalue weighted by molar-refractivity contribution is 7.98. The minimum atomic E-state index is -1.58. The third kappa shape index (κ3) is 12.4. The number of nitrogens with two attached hydrogens (primary N) is 1. The van der Waals surface area contributed by atoms with Crippen molar-refractivity contribution in [1.29, 1.82) is 0 Å². The van der Waals surface area contributed by atoms with E-state index in [4.69, 9.17) is 10.8 Å². The van der Waals surface area contributed by atoms with Gasteiger partial charge in [-0.3, -0.25) is 19.2 Å². The van der Waals surface area contributed by atoms with Crippen molar-refractivity contribution in [1.82, 2.24) is 16.0 Å². The van der Waals surface area contributed by atoms with Crippen LogP contribution in [0.5, 0.6) is 0 Å². The normalized spacial score (nSPS) is 15.6. The van der Waals surface area contributed by atoms with Gasteiger partial charge in [0.25, 0.3) is 0 Å². The van der Waals surface area contributed by atoms with Gasteiger partial charge in [-0.05, 0) is 44.1 Å². The Kier molecular flexibility index (Phi) is 14.3. The van der Waals surface area contributed by atoms with Crippen molar-refractivity contribution in [2.24, 2.45) is 11.7 Å². The second kappa shape index (κ2) is 15.5. The highest BCUT2D eigenvalue weighted by Crippen LogP contribution is 2.07. The van der Waals surface area contributed by atoms with Crippen molar-refractivity contribution in [3.05, 3.63) is 0 Å². The average molecular weight is 493 g/mol. The lowest BCUT2D eigenvalue weighted by atomic mass is 10.0. The van der Waals surface area contributed by atoms with Crippen LogP contribution in [-0.2, 0) is 24.0 Å². The summed E-state index contributed by atoms with van der Waals surface area (Å²) in [5.41, 5.74) is 5.84. The van der Waals surface area contributed by atoms with E-state index in [0.717, 1.165) is 0 Å². The number of rotatable bonds is 16. The second-order valence-electron chi connectivity index (χ2n) is 8.14. The number of carboxylic acid groups (broad SMARTS) is 2. The Hall–Kier alpha value is -2.38. The molecule has 13 heteroatoms. The topological polar surface area (TPSA) is 208 Å². The number of thioether (sulfide) groups is 1. The fourth-order valence-corrected chi connectivity index (χ4v) is 3.32. The Morgan fingerprint density at radius 3 is 1.85 bits per heavy atom. The maximum atomic E-state index is 12.9. The number of carbonyl (C=O) groups excluding carboxylic acids is 3. The van der Waals surface area contributed by atoms with Gasteiger partial charge >= 0.3 is 11.9 Å². The third-order valence-corrected chi connectivity index (χ3v) is 5.28. The van der Waals surface area contributed by atoms with Gasteiger partial charge in [0.05, 0.1) is 12.1 Å². The molecule has 0 heterocycles. The number of aliphatic hydroxyl groups excluding tert-OH is 1. The molecule has 0 bridgehead atoms. The van der Waals surface area contributed by atoms with Gasteiger partial charge in [0.1, 0.15) is 12.1 Å². The van der Waals surface area contributed by atoms with Gasteiger partial charge in [0, 0.05) is 6.42 Å². The molecule has 3 amide bonds. The van der Waals surface area contributed by atoms with Crippen molar-refractivity contribution in [3.8, 4) is 0 Å². The van der Waals surface area contributed by atoms with E-state index < -0.39 is 66.4 Å². The molecule has 0 fully saturated rings. The number of carboxylic acids is 2. The molecule has 0 rings (SSSR count). The molecule has 8 N–H and O–H groups in total. The van der Waals surface area contributed by atoms with E-state index in [-0.39, 0.29) is 18.8 Å². The maximum Gasteiger partial charge on any atom is 0.328 e. The molecule has 0 saturated heterocycles. The number of amides is 3. The predicted molar refractivity (Wildman–Crippen MR) is 122 cm³/mol. The van der Waals surface area contributed by atoms with Gasteiger partial charge in [-0.15, -0.1) is 0 Å². The number of hydrogen-bond donors (Lipinski definition) is 7. The predicted octanol–water partition coefficient (Wildman–Crippen LogP) is -1.10. The lowest BCUT2D eigenvalue weighted by molar-refractivity contribution is -0.145.